The van der Waals surface area contributed by atoms with Crippen molar-refractivity contribution in [1.82, 2.24) is 14.1 Å². The van der Waals surface area contributed by atoms with Crippen LogP contribution >= 0.6 is 0 Å². The summed E-state index contributed by atoms with van der Waals surface area (Å²) >= 11 is 0. The average Bonchev–Trinajstić information content (AvgIpc) is 3.00. The number of piperidine rings is 1. The van der Waals surface area contributed by atoms with E-state index in [1.807, 2.05) is 0 Å². The molecule has 2 fully saturated rings. The van der Waals surface area contributed by atoms with Crippen molar-refractivity contribution in [2.24, 2.45) is 0 Å². The Hall–Kier alpha value is -2.00. The van der Waals surface area contributed by atoms with E-state index >= 15 is 0 Å². The standard InChI is InChI=1S/C20H28FN3O4S/c1-2-19(25)24-13-4-3-6-18(24)20(26)22-11-5-12-23(15-14-22)29(27,28)17-9-7-16(21)8-10-17/h7-10,18H,2-6,11-15H2,1H3. The maximum Gasteiger partial charge on any atom is 0.245 e. The summed E-state index contributed by atoms with van der Waals surface area (Å²) in [5, 5.41) is 0. The van der Waals surface area contributed by atoms with E-state index in [4.69, 9.17) is 0 Å². The van der Waals surface area contributed by atoms with Crippen LogP contribution in [-0.2, 0) is 19.6 Å². The lowest BCUT2D eigenvalue weighted by Gasteiger charge is -2.37. The molecule has 0 aromatic heterocycles. The summed E-state index contributed by atoms with van der Waals surface area (Å²) in [6.07, 6.45) is 3.34. The quantitative estimate of drug-likeness (QED) is 0.738. The van der Waals surface area contributed by atoms with Gasteiger partial charge in [0.1, 0.15) is 11.9 Å². The fourth-order valence-electron chi connectivity index (χ4n) is 4.01. The number of carbonyl (C=O) groups excluding carboxylic acids is 2. The Kier molecular flexibility index (Phi) is 6.89. The van der Waals surface area contributed by atoms with Gasteiger partial charge in [-0.05, 0) is 49.9 Å². The molecule has 0 N–H and O–H groups in total. The maximum absolute atomic E-state index is 13.1. The second-order valence-electron chi connectivity index (χ2n) is 7.49. The normalized spacial score (nSPS) is 21.7. The molecule has 0 aliphatic carbocycles. The monoisotopic (exact) mass is 425 g/mol. The van der Waals surface area contributed by atoms with Gasteiger partial charge in [-0.3, -0.25) is 9.59 Å². The van der Waals surface area contributed by atoms with Crippen LogP contribution in [0.1, 0.15) is 39.0 Å². The lowest BCUT2D eigenvalue weighted by atomic mass is 10.00. The Bertz CT molecular complexity index is 844. The van der Waals surface area contributed by atoms with E-state index in [0.717, 1.165) is 25.0 Å². The topological polar surface area (TPSA) is 78.0 Å². The molecule has 2 aliphatic rings. The molecule has 9 heteroatoms. The summed E-state index contributed by atoms with van der Waals surface area (Å²) < 4.78 is 40.2. The molecular weight excluding hydrogens is 397 g/mol. The summed E-state index contributed by atoms with van der Waals surface area (Å²) in [7, 11) is -3.74. The largest absolute Gasteiger partial charge is 0.340 e. The third-order valence-corrected chi connectivity index (χ3v) is 7.54. The fraction of sp³-hybridized carbons (Fsp3) is 0.600. The number of amides is 2. The van der Waals surface area contributed by atoms with Gasteiger partial charge in [-0.2, -0.15) is 4.31 Å². The number of nitrogens with zero attached hydrogens (tertiary/aromatic N) is 3. The second kappa shape index (κ2) is 9.21. The summed E-state index contributed by atoms with van der Waals surface area (Å²) in [5.41, 5.74) is 0. The lowest BCUT2D eigenvalue weighted by molar-refractivity contribution is -0.147. The number of hydrogen-bond donors (Lipinski definition) is 0. The first-order valence-corrected chi connectivity index (χ1v) is 11.6. The molecule has 1 atom stereocenters. The van der Waals surface area contributed by atoms with Crippen molar-refractivity contribution >= 4 is 21.8 Å². The van der Waals surface area contributed by atoms with Crippen molar-refractivity contribution < 1.29 is 22.4 Å². The van der Waals surface area contributed by atoms with Crippen LogP contribution in [0, 0.1) is 5.82 Å². The van der Waals surface area contributed by atoms with Crippen LogP contribution in [0.15, 0.2) is 29.2 Å². The van der Waals surface area contributed by atoms with Gasteiger partial charge in [0, 0.05) is 39.1 Å². The number of carbonyl (C=O) groups is 2. The first kappa shape index (κ1) is 21.7. The zero-order valence-corrected chi connectivity index (χ0v) is 17.5. The highest BCUT2D eigenvalue weighted by atomic mass is 32.2. The van der Waals surface area contributed by atoms with Gasteiger partial charge in [-0.15, -0.1) is 0 Å². The van der Waals surface area contributed by atoms with E-state index in [9.17, 15) is 22.4 Å². The summed E-state index contributed by atoms with van der Waals surface area (Å²) in [6, 6.07) is 4.33. The van der Waals surface area contributed by atoms with E-state index < -0.39 is 21.9 Å². The first-order chi connectivity index (χ1) is 13.8. The van der Waals surface area contributed by atoms with Gasteiger partial charge in [0.2, 0.25) is 21.8 Å². The van der Waals surface area contributed by atoms with Crippen molar-refractivity contribution in [1.29, 1.82) is 0 Å². The minimum Gasteiger partial charge on any atom is -0.340 e. The number of halogens is 1. The lowest BCUT2D eigenvalue weighted by Crippen LogP contribution is -2.53. The van der Waals surface area contributed by atoms with Crippen LogP contribution in [0.3, 0.4) is 0 Å². The van der Waals surface area contributed by atoms with E-state index in [0.29, 0.717) is 38.9 Å². The number of sulfonamides is 1. The highest BCUT2D eigenvalue weighted by molar-refractivity contribution is 7.89. The van der Waals surface area contributed by atoms with Crippen LogP contribution in [-0.4, -0.2) is 73.1 Å². The smallest absolute Gasteiger partial charge is 0.245 e. The molecule has 2 heterocycles. The SMILES string of the molecule is CCC(=O)N1CCCCC1C(=O)N1CCCN(S(=O)(=O)c2ccc(F)cc2)CC1. The third-order valence-electron chi connectivity index (χ3n) is 5.63. The molecule has 2 amide bonds. The third kappa shape index (κ3) is 4.78. The van der Waals surface area contributed by atoms with Gasteiger partial charge in [-0.1, -0.05) is 6.92 Å². The van der Waals surface area contributed by atoms with Crippen molar-refractivity contribution in [3.8, 4) is 0 Å². The Balaban J connectivity index is 1.69. The van der Waals surface area contributed by atoms with Gasteiger partial charge < -0.3 is 9.80 Å². The minimum atomic E-state index is -3.74. The molecule has 0 radical (unpaired) electrons. The highest BCUT2D eigenvalue weighted by Gasteiger charge is 2.35. The van der Waals surface area contributed by atoms with Crippen molar-refractivity contribution in [2.75, 3.05) is 32.7 Å². The molecule has 1 unspecified atom stereocenters. The van der Waals surface area contributed by atoms with Crippen LogP contribution in [0.2, 0.25) is 0 Å². The van der Waals surface area contributed by atoms with E-state index in [2.05, 4.69) is 0 Å². The molecule has 1 aromatic rings. The Labute approximate surface area is 171 Å². The molecule has 29 heavy (non-hydrogen) atoms. The zero-order valence-electron chi connectivity index (χ0n) is 16.7. The molecule has 0 saturated carbocycles. The molecule has 2 aliphatic heterocycles. The van der Waals surface area contributed by atoms with Gasteiger partial charge in [0.05, 0.1) is 4.90 Å². The Morgan fingerprint density at radius 1 is 1.00 bits per heavy atom. The number of rotatable bonds is 4. The Morgan fingerprint density at radius 3 is 2.41 bits per heavy atom. The van der Waals surface area contributed by atoms with Crippen molar-refractivity contribution in [2.45, 2.75) is 50.0 Å². The fourth-order valence-corrected chi connectivity index (χ4v) is 5.48. The van der Waals surface area contributed by atoms with Crippen molar-refractivity contribution in [3.05, 3.63) is 30.1 Å². The van der Waals surface area contributed by atoms with Crippen LogP contribution < -0.4 is 0 Å². The van der Waals surface area contributed by atoms with Crippen molar-refractivity contribution in [3.63, 3.8) is 0 Å². The Morgan fingerprint density at radius 2 is 1.72 bits per heavy atom. The molecular formula is C20H28FN3O4S. The second-order valence-corrected chi connectivity index (χ2v) is 9.43. The molecule has 0 bridgehead atoms. The number of benzene rings is 1. The number of hydrogen-bond acceptors (Lipinski definition) is 4. The molecule has 3 rings (SSSR count). The van der Waals surface area contributed by atoms with Crippen LogP contribution in [0.5, 0.6) is 0 Å². The van der Waals surface area contributed by atoms with Gasteiger partial charge in [0.15, 0.2) is 0 Å². The number of likely N-dealkylation sites (tertiary alicyclic amines) is 1. The van der Waals surface area contributed by atoms with Crippen LogP contribution in [0.25, 0.3) is 0 Å². The predicted octanol–water partition coefficient (Wildman–Crippen LogP) is 1.84. The van der Waals surface area contributed by atoms with E-state index in [1.165, 1.54) is 16.4 Å². The van der Waals surface area contributed by atoms with E-state index in [1.54, 1.807) is 16.7 Å². The molecule has 2 saturated heterocycles. The highest BCUT2D eigenvalue weighted by Crippen LogP contribution is 2.22. The molecule has 160 valence electrons. The molecule has 1 aromatic carbocycles. The zero-order chi connectivity index (χ0) is 21.0. The predicted molar refractivity (Wildman–Crippen MR) is 106 cm³/mol. The van der Waals surface area contributed by atoms with Gasteiger partial charge in [0.25, 0.3) is 0 Å². The summed E-state index contributed by atoms with van der Waals surface area (Å²) in [6.45, 7) is 3.61. The van der Waals surface area contributed by atoms with Gasteiger partial charge in [-0.25, -0.2) is 12.8 Å². The van der Waals surface area contributed by atoms with Crippen LogP contribution in [0.4, 0.5) is 4.39 Å². The minimum absolute atomic E-state index is 0.0154. The van der Waals surface area contributed by atoms with E-state index in [-0.39, 0.29) is 29.8 Å². The maximum atomic E-state index is 13.1. The first-order valence-electron chi connectivity index (χ1n) is 10.2. The summed E-state index contributed by atoms with van der Waals surface area (Å²) in [4.78, 5) is 28.8. The molecule has 7 nitrogen and oxygen atoms in total. The summed E-state index contributed by atoms with van der Waals surface area (Å²) in [5.74, 6) is -0.596. The van der Waals surface area contributed by atoms with Gasteiger partial charge >= 0.3 is 0 Å². The molecule has 0 spiro atoms. The average molecular weight is 426 g/mol.